The molecule has 1 saturated heterocycles. The Morgan fingerprint density at radius 1 is 1.07 bits per heavy atom. The highest BCUT2D eigenvalue weighted by Gasteiger charge is 2.24. The fourth-order valence-electron chi connectivity index (χ4n) is 3.14. The molecule has 0 aromatic heterocycles. The second-order valence-corrected chi connectivity index (χ2v) is 8.35. The van der Waals surface area contributed by atoms with E-state index < -0.39 is 10.0 Å². The van der Waals surface area contributed by atoms with Crippen molar-refractivity contribution in [1.29, 1.82) is 0 Å². The number of nitrogens with zero attached hydrogens (tertiary/aromatic N) is 1. The minimum Gasteiger partial charge on any atom is -0.381 e. The number of likely N-dealkylation sites (tertiary alicyclic amines) is 1. The van der Waals surface area contributed by atoms with Crippen molar-refractivity contribution in [3.8, 4) is 0 Å². The molecule has 0 unspecified atom stereocenters. The first-order chi connectivity index (χ1) is 12.9. The highest BCUT2D eigenvalue weighted by molar-refractivity contribution is 7.92. The number of sulfonamides is 1. The molecular weight excluding hydrogens is 364 g/mol. The van der Waals surface area contributed by atoms with E-state index in [1.165, 1.54) is 12.1 Å². The molecule has 27 heavy (non-hydrogen) atoms. The molecule has 1 aliphatic heterocycles. The Morgan fingerprint density at radius 3 is 2.30 bits per heavy atom. The third-order valence-corrected chi connectivity index (χ3v) is 6.24. The number of hydrogen-bond donors (Lipinski definition) is 1. The normalized spacial score (nSPS) is 15.6. The summed E-state index contributed by atoms with van der Waals surface area (Å²) in [4.78, 5) is 14.5. The number of amides is 1. The van der Waals surface area contributed by atoms with Gasteiger partial charge >= 0.3 is 0 Å². The lowest BCUT2D eigenvalue weighted by atomic mass is 10.1. The zero-order chi connectivity index (χ0) is 19.4. The first kappa shape index (κ1) is 19.4. The van der Waals surface area contributed by atoms with E-state index in [0.29, 0.717) is 24.3 Å². The number of nitrogens with one attached hydrogen (secondary N) is 1. The van der Waals surface area contributed by atoms with E-state index in [0.717, 1.165) is 18.4 Å². The van der Waals surface area contributed by atoms with Crippen molar-refractivity contribution >= 4 is 21.6 Å². The molecule has 1 amide bonds. The molecule has 0 saturated carbocycles. The molecule has 1 aliphatic rings. The first-order valence-corrected chi connectivity index (χ1v) is 10.4. The predicted octanol–water partition coefficient (Wildman–Crippen LogP) is 3.05. The smallest absolute Gasteiger partial charge is 0.261 e. The summed E-state index contributed by atoms with van der Waals surface area (Å²) in [5, 5.41) is 0. The van der Waals surface area contributed by atoms with Gasteiger partial charge in [-0.05, 0) is 55.7 Å². The third kappa shape index (κ3) is 4.48. The summed E-state index contributed by atoms with van der Waals surface area (Å²) in [6, 6.07) is 13.3. The summed E-state index contributed by atoms with van der Waals surface area (Å²) in [5.41, 5.74) is 1.87. The van der Waals surface area contributed by atoms with Crippen LogP contribution >= 0.6 is 0 Å². The van der Waals surface area contributed by atoms with Crippen LogP contribution < -0.4 is 4.72 Å². The number of para-hydroxylation sites is 1. The Morgan fingerprint density at radius 2 is 1.70 bits per heavy atom. The topological polar surface area (TPSA) is 75.7 Å². The van der Waals surface area contributed by atoms with Crippen molar-refractivity contribution in [3.63, 3.8) is 0 Å². The molecule has 7 heteroatoms. The first-order valence-electron chi connectivity index (χ1n) is 8.91. The van der Waals surface area contributed by atoms with E-state index in [1.807, 2.05) is 19.1 Å². The van der Waals surface area contributed by atoms with Crippen LogP contribution in [-0.2, 0) is 14.8 Å². The molecule has 0 radical (unpaired) electrons. The molecule has 1 N–H and O–H groups in total. The van der Waals surface area contributed by atoms with Crippen molar-refractivity contribution in [2.45, 2.75) is 30.8 Å². The number of benzene rings is 2. The summed E-state index contributed by atoms with van der Waals surface area (Å²) in [7, 11) is -2.02. The summed E-state index contributed by atoms with van der Waals surface area (Å²) in [6.07, 6.45) is 1.83. The van der Waals surface area contributed by atoms with Crippen LogP contribution in [0.1, 0.15) is 28.8 Å². The van der Waals surface area contributed by atoms with Crippen molar-refractivity contribution in [1.82, 2.24) is 4.90 Å². The zero-order valence-corrected chi connectivity index (χ0v) is 16.3. The van der Waals surface area contributed by atoms with Gasteiger partial charge in [-0.3, -0.25) is 9.52 Å². The van der Waals surface area contributed by atoms with Gasteiger partial charge in [-0.25, -0.2) is 8.42 Å². The molecule has 0 spiro atoms. The predicted molar refractivity (Wildman–Crippen MR) is 104 cm³/mol. The Bertz CT molecular complexity index is 902. The number of carbonyl (C=O) groups is 1. The quantitative estimate of drug-likeness (QED) is 0.854. The van der Waals surface area contributed by atoms with E-state index in [9.17, 15) is 13.2 Å². The number of anilines is 1. The Balaban J connectivity index is 1.71. The van der Waals surface area contributed by atoms with Crippen LogP contribution in [-0.4, -0.2) is 45.5 Å². The lowest BCUT2D eigenvalue weighted by Crippen LogP contribution is -2.40. The van der Waals surface area contributed by atoms with Crippen molar-refractivity contribution < 1.29 is 17.9 Å². The average Bonchev–Trinajstić information content (AvgIpc) is 2.69. The molecular formula is C20H24N2O4S. The third-order valence-electron chi connectivity index (χ3n) is 4.86. The van der Waals surface area contributed by atoms with Crippen LogP contribution in [0.2, 0.25) is 0 Å². The maximum atomic E-state index is 12.6. The maximum Gasteiger partial charge on any atom is 0.261 e. The number of methoxy groups -OCH3 is 1. The second-order valence-electron chi connectivity index (χ2n) is 6.67. The minimum atomic E-state index is -3.71. The molecule has 1 heterocycles. The number of carbonyl (C=O) groups excluding carboxylic acids is 1. The number of piperidine rings is 1. The summed E-state index contributed by atoms with van der Waals surface area (Å²) < 4.78 is 33.1. The fraction of sp³-hybridized carbons (Fsp3) is 0.350. The number of aryl methyl sites for hydroxylation is 1. The number of hydrogen-bond acceptors (Lipinski definition) is 4. The van der Waals surface area contributed by atoms with E-state index in [2.05, 4.69) is 4.72 Å². The van der Waals surface area contributed by atoms with E-state index in [1.54, 1.807) is 36.3 Å². The van der Waals surface area contributed by atoms with Crippen molar-refractivity contribution in [2.24, 2.45) is 0 Å². The van der Waals surface area contributed by atoms with Crippen LogP contribution in [0.25, 0.3) is 0 Å². The molecule has 0 aliphatic carbocycles. The standard InChI is InChI=1S/C20H24N2O4S/c1-15-5-3-4-6-19(15)21-27(24,25)18-9-7-16(8-10-18)20(23)22-13-11-17(26-2)12-14-22/h3-10,17,21H,11-14H2,1-2H3. The van der Waals surface area contributed by atoms with Gasteiger partial charge in [-0.2, -0.15) is 0 Å². The molecule has 144 valence electrons. The number of ether oxygens (including phenoxy) is 1. The van der Waals surface area contributed by atoms with Gasteiger partial charge in [0.1, 0.15) is 0 Å². The molecule has 2 aromatic carbocycles. The van der Waals surface area contributed by atoms with Crippen LogP contribution in [0.3, 0.4) is 0 Å². The molecule has 2 aromatic rings. The van der Waals surface area contributed by atoms with Crippen LogP contribution in [0, 0.1) is 6.92 Å². The molecule has 1 fully saturated rings. The minimum absolute atomic E-state index is 0.0830. The highest BCUT2D eigenvalue weighted by atomic mass is 32.2. The molecule has 0 atom stereocenters. The van der Waals surface area contributed by atoms with E-state index >= 15 is 0 Å². The fourth-order valence-corrected chi connectivity index (χ4v) is 4.28. The van der Waals surface area contributed by atoms with Crippen LogP contribution in [0.5, 0.6) is 0 Å². The van der Waals surface area contributed by atoms with Crippen LogP contribution in [0.4, 0.5) is 5.69 Å². The zero-order valence-electron chi connectivity index (χ0n) is 15.5. The lowest BCUT2D eigenvalue weighted by molar-refractivity contribution is 0.0350. The van der Waals surface area contributed by atoms with Gasteiger partial charge in [-0.15, -0.1) is 0 Å². The highest BCUT2D eigenvalue weighted by Crippen LogP contribution is 2.21. The van der Waals surface area contributed by atoms with E-state index in [-0.39, 0.29) is 16.9 Å². The van der Waals surface area contributed by atoms with Crippen molar-refractivity contribution in [3.05, 3.63) is 59.7 Å². The maximum absolute atomic E-state index is 12.6. The Labute approximate surface area is 160 Å². The SMILES string of the molecule is COC1CCN(C(=O)c2ccc(S(=O)(=O)Nc3ccccc3C)cc2)CC1. The van der Waals surface area contributed by atoms with Gasteiger partial charge in [0.25, 0.3) is 15.9 Å². The van der Waals surface area contributed by atoms with Crippen molar-refractivity contribution in [2.75, 3.05) is 24.9 Å². The lowest BCUT2D eigenvalue weighted by Gasteiger charge is -2.31. The van der Waals surface area contributed by atoms with Gasteiger partial charge in [0.2, 0.25) is 0 Å². The van der Waals surface area contributed by atoms with Gasteiger partial charge < -0.3 is 9.64 Å². The van der Waals surface area contributed by atoms with Crippen LogP contribution in [0.15, 0.2) is 53.4 Å². The van der Waals surface area contributed by atoms with Gasteiger partial charge in [0.15, 0.2) is 0 Å². The molecule has 0 bridgehead atoms. The van der Waals surface area contributed by atoms with Gasteiger partial charge in [0.05, 0.1) is 16.7 Å². The van der Waals surface area contributed by atoms with Gasteiger partial charge in [-0.1, -0.05) is 18.2 Å². The molecule has 6 nitrogen and oxygen atoms in total. The Hall–Kier alpha value is -2.38. The average molecular weight is 388 g/mol. The summed E-state index contributed by atoms with van der Waals surface area (Å²) >= 11 is 0. The molecule has 3 rings (SSSR count). The summed E-state index contributed by atoms with van der Waals surface area (Å²) in [6.45, 7) is 3.13. The van der Waals surface area contributed by atoms with E-state index in [4.69, 9.17) is 4.74 Å². The second kappa shape index (κ2) is 8.10. The Kier molecular flexibility index (Phi) is 5.82. The largest absolute Gasteiger partial charge is 0.381 e. The monoisotopic (exact) mass is 388 g/mol. The van der Waals surface area contributed by atoms with Gasteiger partial charge in [0, 0.05) is 25.8 Å². The number of rotatable bonds is 5. The summed E-state index contributed by atoms with van der Waals surface area (Å²) in [5.74, 6) is -0.0830.